The van der Waals surface area contributed by atoms with E-state index in [2.05, 4.69) is 4.90 Å². The Bertz CT molecular complexity index is 865. The van der Waals surface area contributed by atoms with Crippen LogP contribution < -0.4 is 14.4 Å². The summed E-state index contributed by atoms with van der Waals surface area (Å²) in [5, 5.41) is 0. The summed E-state index contributed by atoms with van der Waals surface area (Å²) in [6.07, 6.45) is 2.18. The molecule has 2 aromatic rings. The standard InChI is InChI=1S/C25H32N2O4/c1-3-24(28)27(20-9-5-4-6-10-20)25(19-29-2)13-15-26(16-14-25)17-21-18-30-22-11-7-8-12-23(22)31-21/h4-12,21H,3,13-19H2,1-2H3. The Kier molecular flexibility index (Phi) is 6.78. The Balaban J connectivity index is 1.45. The molecule has 1 amide bonds. The third-order valence-corrected chi connectivity index (χ3v) is 6.27. The Hall–Kier alpha value is -2.57. The molecule has 1 unspecified atom stereocenters. The summed E-state index contributed by atoms with van der Waals surface area (Å²) >= 11 is 0. The van der Waals surface area contributed by atoms with Crippen LogP contribution in [-0.2, 0) is 9.53 Å². The van der Waals surface area contributed by atoms with E-state index in [0.29, 0.717) is 19.6 Å². The molecule has 1 saturated heterocycles. The first-order chi connectivity index (χ1) is 15.1. The fraction of sp³-hybridized carbons (Fsp3) is 0.480. The smallest absolute Gasteiger partial charge is 0.227 e. The van der Waals surface area contributed by atoms with Crippen molar-refractivity contribution in [2.45, 2.75) is 37.8 Å². The van der Waals surface area contributed by atoms with Crippen molar-refractivity contribution in [1.82, 2.24) is 4.90 Å². The van der Waals surface area contributed by atoms with E-state index in [-0.39, 0.29) is 17.6 Å². The number of para-hydroxylation sites is 3. The highest BCUT2D eigenvalue weighted by molar-refractivity contribution is 5.94. The first-order valence-corrected chi connectivity index (χ1v) is 11.1. The molecular formula is C25H32N2O4. The maximum Gasteiger partial charge on any atom is 0.227 e. The zero-order chi connectivity index (χ0) is 21.7. The number of amides is 1. The molecule has 2 heterocycles. The van der Waals surface area contributed by atoms with Crippen molar-refractivity contribution in [1.29, 1.82) is 0 Å². The number of fused-ring (bicyclic) bond motifs is 1. The first kappa shape index (κ1) is 21.7. The fourth-order valence-electron chi connectivity index (χ4n) is 4.71. The molecule has 0 N–H and O–H groups in total. The van der Waals surface area contributed by atoms with Crippen LogP contribution in [-0.4, -0.2) is 62.4 Å². The number of hydrogen-bond acceptors (Lipinski definition) is 5. The van der Waals surface area contributed by atoms with E-state index < -0.39 is 0 Å². The Morgan fingerprint density at radius 1 is 1.10 bits per heavy atom. The Morgan fingerprint density at radius 3 is 2.45 bits per heavy atom. The molecule has 2 aliphatic heterocycles. The third-order valence-electron chi connectivity index (χ3n) is 6.27. The highest BCUT2D eigenvalue weighted by Crippen LogP contribution is 2.35. The van der Waals surface area contributed by atoms with Gasteiger partial charge < -0.3 is 19.1 Å². The number of carbonyl (C=O) groups is 1. The molecular weight excluding hydrogens is 392 g/mol. The van der Waals surface area contributed by atoms with Gasteiger partial charge in [-0.25, -0.2) is 0 Å². The largest absolute Gasteiger partial charge is 0.486 e. The quantitative estimate of drug-likeness (QED) is 0.678. The molecule has 2 aromatic carbocycles. The number of benzene rings is 2. The highest BCUT2D eigenvalue weighted by Gasteiger charge is 2.43. The van der Waals surface area contributed by atoms with Crippen LogP contribution in [0.25, 0.3) is 0 Å². The van der Waals surface area contributed by atoms with E-state index in [1.807, 2.05) is 66.4 Å². The lowest BCUT2D eigenvalue weighted by molar-refractivity contribution is -0.120. The second-order valence-electron chi connectivity index (χ2n) is 8.37. The van der Waals surface area contributed by atoms with E-state index in [1.54, 1.807) is 7.11 Å². The second-order valence-corrected chi connectivity index (χ2v) is 8.37. The lowest BCUT2D eigenvalue weighted by atomic mass is 9.85. The number of nitrogens with zero attached hydrogens (tertiary/aromatic N) is 2. The van der Waals surface area contributed by atoms with Gasteiger partial charge >= 0.3 is 0 Å². The molecule has 6 heteroatoms. The first-order valence-electron chi connectivity index (χ1n) is 11.1. The lowest BCUT2D eigenvalue weighted by Crippen LogP contribution is -2.61. The molecule has 166 valence electrons. The van der Waals surface area contributed by atoms with Crippen LogP contribution in [0.3, 0.4) is 0 Å². The predicted octanol–water partition coefficient (Wildman–Crippen LogP) is 3.75. The summed E-state index contributed by atoms with van der Waals surface area (Å²) in [5.74, 6) is 1.76. The van der Waals surface area contributed by atoms with E-state index in [4.69, 9.17) is 14.2 Å². The number of piperidine rings is 1. The summed E-state index contributed by atoms with van der Waals surface area (Å²) < 4.78 is 17.7. The molecule has 0 aromatic heterocycles. The summed E-state index contributed by atoms with van der Waals surface area (Å²) in [7, 11) is 1.72. The molecule has 4 rings (SSSR count). The average Bonchev–Trinajstić information content (AvgIpc) is 2.81. The normalized spacial score (nSPS) is 20.3. The molecule has 6 nitrogen and oxygen atoms in total. The second kappa shape index (κ2) is 9.71. The average molecular weight is 425 g/mol. The van der Waals surface area contributed by atoms with Gasteiger partial charge in [0.2, 0.25) is 5.91 Å². The van der Waals surface area contributed by atoms with E-state index >= 15 is 0 Å². The summed E-state index contributed by atoms with van der Waals surface area (Å²) in [5.41, 5.74) is 0.608. The predicted molar refractivity (Wildman–Crippen MR) is 121 cm³/mol. The van der Waals surface area contributed by atoms with Crippen LogP contribution in [0, 0.1) is 0 Å². The van der Waals surface area contributed by atoms with Crippen LogP contribution in [0.2, 0.25) is 0 Å². The molecule has 0 aliphatic carbocycles. The van der Waals surface area contributed by atoms with E-state index in [0.717, 1.165) is 49.7 Å². The van der Waals surface area contributed by atoms with Gasteiger partial charge in [0.15, 0.2) is 11.5 Å². The number of likely N-dealkylation sites (tertiary alicyclic amines) is 1. The zero-order valence-electron chi connectivity index (χ0n) is 18.5. The van der Waals surface area contributed by atoms with Gasteiger partial charge in [-0.2, -0.15) is 0 Å². The molecule has 0 bridgehead atoms. The van der Waals surface area contributed by atoms with E-state index in [9.17, 15) is 4.79 Å². The summed E-state index contributed by atoms with van der Waals surface area (Å²) in [6, 6.07) is 17.8. The minimum atomic E-state index is -0.337. The number of ether oxygens (including phenoxy) is 3. The number of methoxy groups -OCH3 is 1. The van der Waals surface area contributed by atoms with Crippen molar-refractivity contribution < 1.29 is 19.0 Å². The number of carbonyl (C=O) groups excluding carboxylic acids is 1. The molecule has 0 radical (unpaired) electrons. The molecule has 1 fully saturated rings. The zero-order valence-corrected chi connectivity index (χ0v) is 18.5. The maximum absolute atomic E-state index is 13.0. The lowest BCUT2D eigenvalue weighted by Gasteiger charge is -2.49. The van der Waals surface area contributed by atoms with Crippen molar-refractivity contribution >= 4 is 11.6 Å². The van der Waals surface area contributed by atoms with Crippen LogP contribution in [0.1, 0.15) is 26.2 Å². The minimum absolute atomic E-state index is 0.00678. The molecule has 0 saturated carbocycles. The Labute approximate surface area is 184 Å². The summed E-state index contributed by atoms with van der Waals surface area (Å²) in [4.78, 5) is 17.4. The number of anilines is 1. The van der Waals surface area contributed by atoms with Crippen molar-refractivity contribution in [3.63, 3.8) is 0 Å². The van der Waals surface area contributed by atoms with Gasteiger partial charge in [0.05, 0.1) is 12.1 Å². The third kappa shape index (κ3) is 4.70. The topological polar surface area (TPSA) is 51.2 Å². The van der Waals surface area contributed by atoms with Crippen LogP contribution in [0.4, 0.5) is 5.69 Å². The Morgan fingerprint density at radius 2 is 1.77 bits per heavy atom. The molecule has 2 aliphatic rings. The van der Waals surface area contributed by atoms with E-state index in [1.165, 1.54) is 0 Å². The molecule has 1 atom stereocenters. The fourth-order valence-corrected chi connectivity index (χ4v) is 4.71. The maximum atomic E-state index is 13.0. The highest BCUT2D eigenvalue weighted by atomic mass is 16.6. The van der Waals surface area contributed by atoms with Crippen molar-refractivity contribution in [3.8, 4) is 11.5 Å². The SMILES string of the molecule is CCC(=O)N(c1ccccc1)C1(COC)CCN(CC2COc3ccccc3O2)CC1. The van der Waals surface area contributed by atoms with Gasteiger partial charge in [-0.3, -0.25) is 9.69 Å². The van der Waals surface area contributed by atoms with Crippen molar-refractivity contribution in [3.05, 3.63) is 54.6 Å². The van der Waals surface area contributed by atoms with Gasteiger partial charge in [-0.05, 0) is 37.1 Å². The van der Waals surface area contributed by atoms with Crippen molar-refractivity contribution in [2.24, 2.45) is 0 Å². The molecule has 0 spiro atoms. The van der Waals surface area contributed by atoms with Gasteiger partial charge in [-0.15, -0.1) is 0 Å². The summed E-state index contributed by atoms with van der Waals surface area (Å²) in [6.45, 7) is 5.58. The van der Waals surface area contributed by atoms with Gasteiger partial charge in [0.1, 0.15) is 12.7 Å². The van der Waals surface area contributed by atoms with Crippen LogP contribution >= 0.6 is 0 Å². The van der Waals surface area contributed by atoms with Gasteiger partial charge in [0.25, 0.3) is 0 Å². The monoisotopic (exact) mass is 424 g/mol. The van der Waals surface area contributed by atoms with Crippen LogP contribution in [0.15, 0.2) is 54.6 Å². The van der Waals surface area contributed by atoms with Gasteiger partial charge in [0, 0.05) is 38.9 Å². The minimum Gasteiger partial charge on any atom is -0.486 e. The van der Waals surface area contributed by atoms with Crippen LogP contribution in [0.5, 0.6) is 11.5 Å². The van der Waals surface area contributed by atoms with Gasteiger partial charge in [-0.1, -0.05) is 37.3 Å². The number of rotatable bonds is 7. The molecule has 31 heavy (non-hydrogen) atoms. The van der Waals surface area contributed by atoms with Crippen molar-refractivity contribution in [2.75, 3.05) is 44.9 Å². The number of hydrogen-bond donors (Lipinski definition) is 0.